The van der Waals surface area contributed by atoms with Crippen molar-refractivity contribution in [1.29, 1.82) is 0 Å². The lowest BCUT2D eigenvalue weighted by atomic mass is 9.67. The lowest BCUT2D eigenvalue weighted by Gasteiger charge is -2.36. The first-order chi connectivity index (χ1) is 30.9. The molecular formula is C61H48N2. The van der Waals surface area contributed by atoms with Crippen molar-refractivity contribution in [1.82, 2.24) is 9.97 Å². The summed E-state index contributed by atoms with van der Waals surface area (Å²) in [6.07, 6.45) is 6.35. The van der Waals surface area contributed by atoms with Crippen LogP contribution >= 0.6 is 0 Å². The van der Waals surface area contributed by atoms with E-state index in [1.54, 1.807) is 5.56 Å². The third-order valence-corrected chi connectivity index (χ3v) is 14.5. The van der Waals surface area contributed by atoms with Crippen molar-refractivity contribution in [2.75, 3.05) is 0 Å². The number of hydrogen-bond donors (Lipinski definition) is 0. The van der Waals surface area contributed by atoms with Crippen molar-refractivity contribution in [3.8, 4) is 89.5 Å². The lowest BCUT2D eigenvalue weighted by molar-refractivity contribution is 0.353. The second-order valence-electron chi connectivity index (χ2n) is 18.5. The van der Waals surface area contributed by atoms with Crippen LogP contribution in [0.3, 0.4) is 0 Å². The topological polar surface area (TPSA) is 25.8 Å². The molecule has 1 spiro atoms. The number of rotatable bonds is 6. The van der Waals surface area contributed by atoms with Crippen molar-refractivity contribution >= 4 is 0 Å². The summed E-state index contributed by atoms with van der Waals surface area (Å²) in [5, 5.41) is 0. The summed E-state index contributed by atoms with van der Waals surface area (Å²) in [5.74, 6) is 0.717. The zero-order valence-corrected chi connectivity index (χ0v) is 35.9. The third-order valence-electron chi connectivity index (χ3n) is 14.5. The molecule has 0 radical (unpaired) electrons. The van der Waals surface area contributed by atoms with Crippen LogP contribution < -0.4 is 0 Å². The highest BCUT2D eigenvalue weighted by Crippen LogP contribution is 2.60. The average molecular weight is 809 g/mol. The van der Waals surface area contributed by atoms with Crippen molar-refractivity contribution in [3.05, 3.63) is 216 Å². The Morgan fingerprint density at radius 1 is 0.317 bits per heavy atom. The summed E-state index contributed by atoms with van der Waals surface area (Å²) >= 11 is 0. The second-order valence-corrected chi connectivity index (χ2v) is 18.5. The van der Waals surface area contributed by atoms with Gasteiger partial charge in [0.15, 0.2) is 5.82 Å². The van der Waals surface area contributed by atoms with Crippen molar-refractivity contribution in [2.24, 2.45) is 0 Å². The van der Waals surface area contributed by atoms with Crippen LogP contribution in [-0.2, 0) is 10.8 Å². The lowest BCUT2D eigenvalue weighted by Crippen LogP contribution is -2.28. The second kappa shape index (κ2) is 14.7. The molecule has 1 fully saturated rings. The van der Waals surface area contributed by atoms with Gasteiger partial charge in [0.2, 0.25) is 0 Å². The predicted molar refractivity (Wildman–Crippen MR) is 262 cm³/mol. The Morgan fingerprint density at radius 2 is 0.810 bits per heavy atom. The minimum Gasteiger partial charge on any atom is -0.228 e. The zero-order chi connectivity index (χ0) is 42.1. The Balaban J connectivity index is 0.918. The maximum absolute atomic E-state index is 5.18. The molecule has 302 valence electrons. The molecule has 0 atom stereocenters. The van der Waals surface area contributed by atoms with Crippen LogP contribution in [0.2, 0.25) is 0 Å². The van der Waals surface area contributed by atoms with E-state index < -0.39 is 0 Å². The van der Waals surface area contributed by atoms with Gasteiger partial charge in [0.25, 0.3) is 0 Å². The zero-order valence-electron chi connectivity index (χ0n) is 35.9. The fraction of sp³-hybridized carbons (Fsp3) is 0.148. The number of nitrogens with zero attached hydrogens (tertiary/aromatic N) is 2. The van der Waals surface area contributed by atoms with Gasteiger partial charge in [0.1, 0.15) is 0 Å². The number of fused-ring (bicyclic) bond motifs is 8. The Hall–Kier alpha value is -7.16. The third kappa shape index (κ3) is 6.22. The first-order valence-corrected chi connectivity index (χ1v) is 22.7. The van der Waals surface area contributed by atoms with Crippen LogP contribution in [0.1, 0.15) is 68.2 Å². The number of aromatic nitrogens is 2. The highest BCUT2D eigenvalue weighted by molar-refractivity contribution is 5.91. The largest absolute Gasteiger partial charge is 0.228 e. The minimum absolute atomic E-state index is 0.0332. The first-order valence-electron chi connectivity index (χ1n) is 22.7. The van der Waals surface area contributed by atoms with E-state index in [9.17, 15) is 0 Å². The molecule has 12 rings (SSSR count). The van der Waals surface area contributed by atoms with Crippen LogP contribution in [0.15, 0.2) is 194 Å². The van der Waals surface area contributed by atoms with Crippen molar-refractivity contribution < 1.29 is 0 Å². The smallest absolute Gasteiger partial charge is 0.160 e. The molecule has 0 unspecified atom stereocenters. The summed E-state index contributed by atoms with van der Waals surface area (Å²) in [7, 11) is 0. The van der Waals surface area contributed by atoms with E-state index in [0.29, 0.717) is 5.82 Å². The van der Waals surface area contributed by atoms with E-state index in [2.05, 4.69) is 190 Å². The highest BCUT2D eigenvalue weighted by atomic mass is 14.9. The molecule has 0 N–H and O–H groups in total. The highest BCUT2D eigenvalue weighted by Gasteiger charge is 2.46. The first kappa shape index (κ1) is 37.6. The molecule has 3 aliphatic rings. The van der Waals surface area contributed by atoms with Gasteiger partial charge in [-0.2, -0.15) is 0 Å². The molecule has 2 nitrogen and oxygen atoms in total. The molecule has 9 aromatic rings. The van der Waals surface area contributed by atoms with Crippen molar-refractivity contribution in [2.45, 2.75) is 56.8 Å². The van der Waals surface area contributed by atoms with E-state index in [1.165, 1.54) is 98.9 Å². The van der Waals surface area contributed by atoms with Crippen LogP contribution in [0.5, 0.6) is 0 Å². The SMILES string of the molecule is CC1(C)c2ccccc2-c2cc3c(cc21)-c1cc(-c2cccc(-c4cccc(-c5cc(-c6ccc(-c7ccccc7)cc6)nc(-c6ccccc6)n5)c4)c2)ccc1C31CCCCC1. The fourth-order valence-corrected chi connectivity index (χ4v) is 11.2. The molecule has 0 bridgehead atoms. The molecule has 63 heavy (non-hydrogen) atoms. The summed E-state index contributed by atoms with van der Waals surface area (Å²) in [4.78, 5) is 10.3. The predicted octanol–water partition coefficient (Wildman–Crippen LogP) is 16.0. The molecule has 1 heterocycles. The monoisotopic (exact) mass is 808 g/mol. The molecule has 0 amide bonds. The van der Waals surface area contributed by atoms with Gasteiger partial charge in [0.05, 0.1) is 11.4 Å². The molecule has 1 saturated carbocycles. The van der Waals surface area contributed by atoms with Gasteiger partial charge >= 0.3 is 0 Å². The van der Waals surface area contributed by atoms with Crippen LogP contribution in [-0.4, -0.2) is 9.97 Å². The maximum atomic E-state index is 5.18. The van der Waals surface area contributed by atoms with Crippen LogP contribution in [0.4, 0.5) is 0 Å². The Bertz CT molecular complexity index is 3210. The Labute approximate surface area is 371 Å². The molecule has 1 aromatic heterocycles. The summed E-state index contributed by atoms with van der Waals surface area (Å²) in [5.41, 5.74) is 23.9. The van der Waals surface area contributed by atoms with Crippen molar-refractivity contribution in [3.63, 3.8) is 0 Å². The van der Waals surface area contributed by atoms with Gasteiger partial charge in [-0.3, -0.25) is 0 Å². The quantitative estimate of drug-likeness (QED) is 0.167. The van der Waals surface area contributed by atoms with Gasteiger partial charge in [-0.05, 0) is 127 Å². The Morgan fingerprint density at radius 3 is 1.52 bits per heavy atom. The fourth-order valence-electron chi connectivity index (χ4n) is 11.2. The van der Waals surface area contributed by atoms with E-state index in [4.69, 9.17) is 9.97 Å². The van der Waals surface area contributed by atoms with E-state index >= 15 is 0 Å². The summed E-state index contributed by atoms with van der Waals surface area (Å²) in [6.45, 7) is 4.81. The van der Waals surface area contributed by atoms with Gasteiger partial charge < -0.3 is 0 Å². The molecule has 3 aliphatic carbocycles. The average Bonchev–Trinajstić information content (AvgIpc) is 3.74. The minimum atomic E-state index is -0.0332. The van der Waals surface area contributed by atoms with Gasteiger partial charge in [-0.1, -0.05) is 191 Å². The number of hydrogen-bond acceptors (Lipinski definition) is 2. The molecule has 2 heteroatoms. The van der Waals surface area contributed by atoms with Gasteiger partial charge in [-0.25, -0.2) is 9.97 Å². The molecule has 8 aromatic carbocycles. The van der Waals surface area contributed by atoms with Gasteiger partial charge in [0, 0.05) is 27.5 Å². The van der Waals surface area contributed by atoms with E-state index in [0.717, 1.165) is 33.6 Å². The maximum Gasteiger partial charge on any atom is 0.160 e. The van der Waals surface area contributed by atoms with Gasteiger partial charge in [-0.15, -0.1) is 0 Å². The summed E-state index contributed by atoms with van der Waals surface area (Å²) < 4.78 is 0. The normalized spacial score (nSPS) is 15.1. The van der Waals surface area contributed by atoms with E-state index in [1.807, 2.05) is 18.2 Å². The molecule has 0 saturated heterocycles. The van der Waals surface area contributed by atoms with E-state index in [-0.39, 0.29) is 10.8 Å². The standard InChI is InChI=1S/C61H48N2/c1-60(2)53-25-11-10-24-49(53)51-38-56-52(37-55(51)60)50-36-47(30-31-54(50)61(56)32-12-5-13-33-61)45-21-14-20-44(34-45)46-22-15-23-48(35-46)58-39-57(62-59(63-58)43-18-8-4-9-19-43)42-28-26-41(27-29-42)40-16-6-3-7-17-40/h3-4,6-11,14-31,34-39H,5,12-13,32-33H2,1-2H3. The molecular weight excluding hydrogens is 761 g/mol. The van der Waals surface area contributed by atoms with Crippen LogP contribution in [0, 0.1) is 0 Å². The van der Waals surface area contributed by atoms with Crippen LogP contribution in [0.25, 0.3) is 89.5 Å². The molecule has 0 aliphatic heterocycles. The number of benzene rings is 8. The summed E-state index contributed by atoms with van der Waals surface area (Å²) in [6, 6.07) is 71.2. The Kier molecular flexibility index (Phi) is 8.80.